The van der Waals surface area contributed by atoms with Crippen molar-refractivity contribution in [3.8, 4) is 5.75 Å². The van der Waals surface area contributed by atoms with E-state index in [2.05, 4.69) is 17.5 Å². The molecule has 0 fully saturated rings. The second-order valence-corrected chi connectivity index (χ2v) is 5.85. The Morgan fingerprint density at radius 3 is 2.58 bits per heavy atom. The fourth-order valence-electron chi connectivity index (χ4n) is 2.09. The van der Waals surface area contributed by atoms with E-state index in [1.807, 2.05) is 12.1 Å². The van der Waals surface area contributed by atoms with Gasteiger partial charge in [-0.15, -0.1) is 0 Å². The zero-order valence-corrected chi connectivity index (χ0v) is 15.1. The number of aryl methyl sites for hydroxylation is 1. The molecule has 0 heterocycles. The molecule has 8 heteroatoms. The highest BCUT2D eigenvalue weighted by molar-refractivity contribution is 6.32. The Balaban J connectivity index is 1.94. The van der Waals surface area contributed by atoms with E-state index in [-0.39, 0.29) is 17.3 Å². The number of amides is 1. The molecule has 7 nitrogen and oxygen atoms in total. The van der Waals surface area contributed by atoms with Gasteiger partial charge in [-0.25, -0.2) is 5.43 Å². The number of nitro benzene ring substituents is 1. The predicted molar refractivity (Wildman–Crippen MR) is 99.8 cm³/mol. The molecule has 0 saturated carbocycles. The summed E-state index contributed by atoms with van der Waals surface area (Å²) in [7, 11) is 0. The summed E-state index contributed by atoms with van der Waals surface area (Å²) >= 11 is 5.77. The van der Waals surface area contributed by atoms with E-state index in [4.69, 9.17) is 16.3 Å². The third-order valence-electron chi connectivity index (χ3n) is 3.61. The van der Waals surface area contributed by atoms with Crippen LogP contribution in [0.1, 0.15) is 25.0 Å². The second-order valence-electron chi connectivity index (χ2n) is 5.44. The molecule has 0 aromatic heterocycles. The van der Waals surface area contributed by atoms with Crippen LogP contribution in [0.25, 0.3) is 0 Å². The van der Waals surface area contributed by atoms with E-state index in [0.717, 1.165) is 6.42 Å². The van der Waals surface area contributed by atoms with Crippen molar-refractivity contribution in [2.75, 3.05) is 6.61 Å². The van der Waals surface area contributed by atoms with E-state index >= 15 is 0 Å². The average molecular weight is 376 g/mol. The van der Waals surface area contributed by atoms with Crippen LogP contribution in [0.4, 0.5) is 5.69 Å². The Morgan fingerprint density at radius 1 is 1.27 bits per heavy atom. The van der Waals surface area contributed by atoms with Crippen LogP contribution in [0.15, 0.2) is 47.6 Å². The first-order valence-corrected chi connectivity index (χ1v) is 8.27. The van der Waals surface area contributed by atoms with Crippen molar-refractivity contribution >= 4 is 28.9 Å². The molecule has 0 aliphatic carbocycles. The van der Waals surface area contributed by atoms with Gasteiger partial charge in [-0.2, -0.15) is 5.10 Å². The number of nitrogens with one attached hydrogen (secondary N) is 1. The standard InChI is InChI=1S/C18H18ClN3O4/c1-3-13-4-7-15(8-5-13)26-11-18(23)21-20-12(2)14-6-9-16(19)17(10-14)22(24)25/h4-10H,3,11H2,1-2H3,(H,21,23)/b20-12+. The third-order valence-corrected chi connectivity index (χ3v) is 3.93. The highest BCUT2D eigenvalue weighted by Crippen LogP contribution is 2.25. The molecular formula is C18H18ClN3O4. The summed E-state index contributed by atoms with van der Waals surface area (Å²) in [5.41, 5.74) is 4.21. The summed E-state index contributed by atoms with van der Waals surface area (Å²) in [5.74, 6) is 0.152. The molecule has 0 aliphatic heterocycles. The van der Waals surface area contributed by atoms with E-state index in [1.165, 1.54) is 17.7 Å². The van der Waals surface area contributed by atoms with Crippen molar-refractivity contribution in [3.63, 3.8) is 0 Å². The summed E-state index contributed by atoms with van der Waals surface area (Å²) in [6, 6.07) is 11.8. The fourth-order valence-corrected chi connectivity index (χ4v) is 2.28. The summed E-state index contributed by atoms with van der Waals surface area (Å²) in [6.45, 7) is 3.49. The number of ether oxygens (including phenoxy) is 1. The lowest BCUT2D eigenvalue weighted by Crippen LogP contribution is -2.25. The quantitative estimate of drug-likeness (QED) is 0.453. The minimum atomic E-state index is -0.574. The number of halogens is 1. The van der Waals surface area contributed by atoms with Crippen LogP contribution in [0.2, 0.25) is 5.02 Å². The van der Waals surface area contributed by atoms with Crippen molar-refractivity contribution < 1.29 is 14.5 Å². The van der Waals surface area contributed by atoms with Crippen molar-refractivity contribution in [2.45, 2.75) is 20.3 Å². The molecule has 0 radical (unpaired) electrons. The van der Waals surface area contributed by atoms with Gasteiger partial charge in [-0.3, -0.25) is 14.9 Å². The van der Waals surface area contributed by atoms with Crippen LogP contribution < -0.4 is 10.2 Å². The lowest BCUT2D eigenvalue weighted by Gasteiger charge is -2.07. The molecule has 26 heavy (non-hydrogen) atoms. The molecule has 1 N–H and O–H groups in total. The highest BCUT2D eigenvalue weighted by Gasteiger charge is 2.14. The largest absolute Gasteiger partial charge is 0.484 e. The molecular weight excluding hydrogens is 358 g/mol. The maximum absolute atomic E-state index is 11.8. The summed E-state index contributed by atoms with van der Waals surface area (Å²) in [4.78, 5) is 22.2. The molecule has 0 unspecified atom stereocenters. The maximum atomic E-state index is 11.8. The van der Waals surface area contributed by atoms with Gasteiger partial charge in [-0.1, -0.05) is 36.7 Å². The Morgan fingerprint density at radius 2 is 1.96 bits per heavy atom. The smallest absolute Gasteiger partial charge is 0.288 e. The van der Waals surface area contributed by atoms with Crippen LogP contribution >= 0.6 is 11.6 Å². The van der Waals surface area contributed by atoms with E-state index in [9.17, 15) is 14.9 Å². The number of carbonyl (C=O) groups excluding carboxylic acids is 1. The SMILES string of the molecule is CCc1ccc(OCC(=O)N/N=C(\C)c2ccc(Cl)c([N+](=O)[O-])c2)cc1. The van der Waals surface area contributed by atoms with E-state index < -0.39 is 10.8 Å². The van der Waals surface area contributed by atoms with Crippen LogP contribution in [0.3, 0.4) is 0 Å². The molecule has 0 spiro atoms. The van der Waals surface area contributed by atoms with E-state index in [1.54, 1.807) is 25.1 Å². The molecule has 0 bridgehead atoms. The summed E-state index contributed by atoms with van der Waals surface area (Å²) in [5, 5.41) is 14.9. The van der Waals surface area contributed by atoms with Gasteiger partial charge in [0, 0.05) is 11.6 Å². The van der Waals surface area contributed by atoms with Crippen LogP contribution in [0, 0.1) is 10.1 Å². The number of benzene rings is 2. The molecule has 0 saturated heterocycles. The normalized spacial score (nSPS) is 11.1. The Bertz CT molecular complexity index is 835. The van der Waals surface area contributed by atoms with Gasteiger partial charge in [0.1, 0.15) is 10.8 Å². The lowest BCUT2D eigenvalue weighted by molar-refractivity contribution is -0.384. The van der Waals surface area contributed by atoms with Crippen LogP contribution in [0.5, 0.6) is 5.75 Å². The number of carbonyl (C=O) groups is 1. The zero-order chi connectivity index (χ0) is 19.1. The van der Waals surface area contributed by atoms with Gasteiger partial charge in [0.2, 0.25) is 0 Å². The summed E-state index contributed by atoms with van der Waals surface area (Å²) in [6.07, 6.45) is 0.928. The first kappa shape index (κ1) is 19.4. The van der Waals surface area contributed by atoms with Gasteiger partial charge in [0.15, 0.2) is 6.61 Å². The number of nitrogens with zero attached hydrogens (tertiary/aromatic N) is 2. The fraction of sp³-hybridized carbons (Fsp3) is 0.222. The Kier molecular flexibility index (Phi) is 6.68. The minimum absolute atomic E-state index is 0.0399. The van der Waals surface area contributed by atoms with Crippen molar-refractivity contribution in [3.05, 3.63) is 68.7 Å². The number of hydrazone groups is 1. The summed E-state index contributed by atoms with van der Waals surface area (Å²) < 4.78 is 5.38. The average Bonchev–Trinajstić information content (AvgIpc) is 2.64. The number of hydrogen-bond donors (Lipinski definition) is 1. The van der Waals surface area contributed by atoms with Gasteiger partial charge in [0.25, 0.3) is 11.6 Å². The van der Waals surface area contributed by atoms with Crippen LogP contribution in [-0.2, 0) is 11.2 Å². The topological polar surface area (TPSA) is 93.8 Å². The minimum Gasteiger partial charge on any atom is -0.484 e. The molecule has 136 valence electrons. The Labute approximate surface area is 155 Å². The molecule has 0 atom stereocenters. The first-order valence-electron chi connectivity index (χ1n) is 7.90. The number of rotatable bonds is 7. The van der Waals surface area contributed by atoms with Crippen molar-refractivity contribution in [2.24, 2.45) is 5.10 Å². The molecule has 2 aromatic carbocycles. The molecule has 1 amide bonds. The monoisotopic (exact) mass is 375 g/mol. The molecule has 0 aliphatic rings. The van der Waals surface area contributed by atoms with Crippen LogP contribution in [-0.4, -0.2) is 23.1 Å². The predicted octanol–water partition coefficient (Wildman–Crippen LogP) is 3.73. The first-order chi connectivity index (χ1) is 12.4. The molecule has 2 aromatic rings. The molecule has 2 rings (SSSR count). The zero-order valence-electron chi connectivity index (χ0n) is 14.4. The van der Waals surface area contributed by atoms with Gasteiger partial charge in [0.05, 0.1) is 10.6 Å². The lowest BCUT2D eigenvalue weighted by atomic mass is 10.1. The number of hydrogen-bond acceptors (Lipinski definition) is 5. The number of nitro groups is 1. The van der Waals surface area contributed by atoms with Crippen molar-refractivity contribution in [1.29, 1.82) is 0 Å². The Hall–Kier alpha value is -2.93. The second kappa shape index (κ2) is 8.96. The van der Waals surface area contributed by atoms with Crippen molar-refractivity contribution in [1.82, 2.24) is 5.43 Å². The van der Waals surface area contributed by atoms with E-state index in [0.29, 0.717) is 17.0 Å². The third kappa shape index (κ3) is 5.29. The highest BCUT2D eigenvalue weighted by atomic mass is 35.5. The van der Waals surface area contributed by atoms with Gasteiger partial charge in [-0.05, 0) is 37.1 Å². The van der Waals surface area contributed by atoms with Gasteiger partial charge >= 0.3 is 0 Å². The maximum Gasteiger partial charge on any atom is 0.288 e. The van der Waals surface area contributed by atoms with Gasteiger partial charge < -0.3 is 4.74 Å².